The lowest BCUT2D eigenvalue weighted by molar-refractivity contribution is -0.121. The van der Waals surface area contributed by atoms with Gasteiger partial charge < -0.3 is 10.6 Å². The number of carbonyl (C=O) groups excluding carboxylic acids is 1. The zero-order valence-electron chi connectivity index (χ0n) is 13.5. The first-order valence-corrected chi connectivity index (χ1v) is 8.96. The van der Waals surface area contributed by atoms with Gasteiger partial charge in [0.05, 0.1) is 10.9 Å². The molecule has 0 bridgehead atoms. The molecule has 1 amide bonds. The van der Waals surface area contributed by atoms with Crippen molar-refractivity contribution in [2.24, 2.45) is 4.99 Å². The van der Waals surface area contributed by atoms with Crippen LogP contribution in [0.3, 0.4) is 0 Å². The molecule has 0 radical (unpaired) electrons. The van der Waals surface area contributed by atoms with Crippen LogP contribution in [-0.4, -0.2) is 45.8 Å². The predicted molar refractivity (Wildman–Crippen MR) is 88.9 cm³/mol. The predicted octanol–water partition coefficient (Wildman–Crippen LogP) is 0.228. The van der Waals surface area contributed by atoms with Crippen molar-refractivity contribution in [1.82, 2.24) is 15.4 Å². The zero-order valence-corrected chi connectivity index (χ0v) is 14.3. The van der Waals surface area contributed by atoms with E-state index in [1.54, 1.807) is 25.1 Å². The van der Waals surface area contributed by atoms with Gasteiger partial charge in [-0.3, -0.25) is 14.5 Å². The largest absolute Gasteiger partial charge is 0.354 e. The van der Waals surface area contributed by atoms with Gasteiger partial charge in [0.2, 0.25) is 5.91 Å². The SMILES string of the molecule is CNC(C)CNC(=O)CC(C)N=C1NS(=O)(=O)c2ccccc21. The number of carbonyl (C=O) groups is 1. The molecule has 1 aliphatic heterocycles. The number of hydrogen-bond donors (Lipinski definition) is 3. The van der Waals surface area contributed by atoms with E-state index in [4.69, 9.17) is 0 Å². The number of benzene rings is 1. The molecule has 3 N–H and O–H groups in total. The molecule has 0 fully saturated rings. The van der Waals surface area contributed by atoms with Crippen LogP contribution in [0, 0.1) is 0 Å². The van der Waals surface area contributed by atoms with Crippen LogP contribution in [0.4, 0.5) is 0 Å². The summed E-state index contributed by atoms with van der Waals surface area (Å²) in [5, 5.41) is 5.85. The van der Waals surface area contributed by atoms with E-state index in [2.05, 4.69) is 20.3 Å². The fourth-order valence-electron chi connectivity index (χ4n) is 2.21. The number of hydrogen-bond acceptors (Lipinski definition) is 5. The van der Waals surface area contributed by atoms with Gasteiger partial charge in [-0.25, -0.2) is 8.42 Å². The van der Waals surface area contributed by atoms with Crippen LogP contribution < -0.4 is 15.4 Å². The Hall–Kier alpha value is -1.93. The molecule has 0 aliphatic carbocycles. The molecule has 0 spiro atoms. The average Bonchev–Trinajstić information content (AvgIpc) is 2.76. The summed E-state index contributed by atoms with van der Waals surface area (Å²) < 4.78 is 26.4. The number of likely N-dealkylation sites (N-methyl/N-ethyl adjacent to an activating group) is 1. The second-order valence-electron chi connectivity index (χ2n) is 5.63. The van der Waals surface area contributed by atoms with Crippen LogP contribution in [0.2, 0.25) is 0 Å². The summed E-state index contributed by atoms with van der Waals surface area (Å²) in [5.74, 6) is 0.183. The van der Waals surface area contributed by atoms with Gasteiger partial charge in [0, 0.05) is 24.6 Å². The molecule has 1 aliphatic rings. The van der Waals surface area contributed by atoms with E-state index < -0.39 is 10.0 Å². The third kappa shape index (κ3) is 4.29. The number of sulfonamides is 1. The molecule has 7 nitrogen and oxygen atoms in total. The molecule has 2 atom stereocenters. The van der Waals surface area contributed by atoms with Crippen molar-refractivity contribution in [2.45, 2.75) is 37.2 Å². The van der Waals surface area contributed by atoms with Gasteiger partial charge in [0.25, 0.3) is 10.0 Å². The Kier molecular flexibility index (Phi) is 5.38. The molecule has 1 aromatic rings. The van der Waals surface area contributed by atoms with Crippen molar-refractivity contribution in [2.75, 3.05) is 13.6 Å². The van der Waals surface area contributed by atoms with E-state index in [1.807, 2.05) is 14.0 Å². The maximum Gasteiger partial charge on any atom is 0.263 e. The Morgan fingerprint density at radius 3 is 2.70 bits per heavy atom. The van der Waals surface area contributed by atoms with Gasteiger partial charge in [-0.1, -0.05) is 12.1 Å². The highest BCUT2D eigenvalue weighted by Crippen LogP contribution is 2.22. The fourth-order valence-corrected chi connectivity index (χ4v) is 3.44. The maximum atomic E-state index is 12.0. The lowest BCUT2D eigenvalue weighted by Gasteiger charge is -2.13. The third-order valence-corrected chi connectivity index (χ3v) is 4.99. The molecular formula is C15H22N4O3S. The molecule has 126 valence electrons. The highest BCUT2D eigenvalue weighted by Gasteiger charge is 2.30. The molecule has 23 heavy (non-hydrogen) atoms. The van der Waals surface area contributed by atoms with Gasteiger partial charge in [-0.15, -0.1) is 0 Å². The molecule has 8 heteroatoms. The molecule has 1 aromatic carbocycles. The summed E-state index contributed by atoms with van der Waals surface area (Å²) in [6, 6.07) is 6.52. The molecule has 1 heterocycles. The monoisotopic (exact) mass is 338 g/mol. The molecule has 2 rings (SSSR count). The van der Waals surface area contributed by atoms with Crippen molar-refractivity contribution >= 4 is 21.8 Å². The van der Waals surface area contributed by atoms with E-state index in [0.29, 0.717) is 17.9 Å². The van der Waals surface area contributed by atoms with E-state index >= 15 is 0 Å². The van der Waals surface area contributed by atoms with Gasteiger partial charge in [0.1, 0.15) is 5.84 Å². The van der Waals surface area contributed by atoms with Crippen molar-refractivity contribution in [3.8, 4) is 0 Å². The molecule has 0 saturated carbocycles. The number of fused-ring (bicyclic) bond motifs is 1. The Labute approximate surface area is 136 Å². The van der Waals surface area contributed by atoms with Gasteiger partial charge >= 0.3 is 0 Å². The summed E-state index contributed by atoms with van der Waals surface area (Å²) in [6.45, 7) is 4.28. The lowest BCUT2D eigenvalue weighted by atomic mass is 10.2. The van der Waals surface area contributed by atoms with Crippen LogP contribution >= 0.6 is 0 Å². The number of amidine groups is 1. The molecular weight excluding hydrogens is 316 g/mol. The van der Waals surface area contributed by atoms with Crippen LogP contribution in [-0.2, 0) is 14.8 Å². The highest BCUT2D eigenvalue weighted by molar-refractivity contribution is 7.90. The Morgan fingerprint density at radius 2 is 2.00 bits per heavy atom. The van der Waals surface area contributed by atoms with Gasteiger partial charge in [-0.2, -0.15) is 0 Å². The number of rotatable bonds is 6. The Balaban J connectivity index is 2.04. The Morgan fingerprint density at radius 1 is 1.30 bits per heavy atom. The summed E-state index contributed by atoms with van der Waals surface area (Å²) in [5.41, 5.74) is 0.545. The van der Waals surface area contributed by atoms with Crippen molar-refractivity contribution in [3.63, 3.8) is 0 Å². The topological polar surface area (TPSA) is 99.7 Å². The van der Waals surface area contributed by atoms with Crippen molar-refractivity contribution < 1.29 is 13.2 Å². The van der Waals surface area contributed by atoms with E-state index in [1.165, 1.54) is 6.07 Å². The first-order chi connectivity index (χ1) is 10.8. The summed E-state index contributed by atoms with van der Waals surface area (Å²) in [7, 11) is -1.71. The standard InChI is InChI=1S/C15H22N4O3S/c1-10(8-14(20)17-9-11(2)16-3)18-15-12-6-4-5-7-13(12)23(21,22)19-15/h4-7,10-11,16H,8-9H2,1-3H3,(H,17,20)(H,18,19). The number of nitrogens with zero attached hydrogens (tertiary/aromatic N) is 1. The minimum Gasteiger partial charge on any atom is -0.354 e. The quantitative estimate of drug-likeness (QED) is 0.691. The Bertz CT molecular complexity index is 715. The first kappa shape index (κ1) is 17.4. The number of aliphatic imine (C=N–C) groups is 1. The van der Waals surface area contributed by atoms with Crippen LogP contribution in [0.1, 0.15) is 25.8 Å². The van der Waals surface area contributed by atoms with Gasteiger partial charge in [0.15, 0.2) is 0 Å². The summed E-state index contributed by atoms with van der Waals surface area (Å²) >= 11 is 0. The van der Waals surface area contributed by atoms with Gasteiger partial charge in [-0.05, 0) is 33.0 Å². The number of amides is 1. The number of nitrogens with one attached hydrogen (secondary N) is 3. The highest BCUT2D eigenvalue weighted by atomic mass is 32.2. The lowest BCUT2D eigenvalue weighted by Crippen LogP contribution is -2.38. The molecule has 2 unspecified atom stereocenters. The average molecular weight is 338 g/mol. The van der Waals surface area contributed by atoms with E-state index in [-0.39, 0.29) is 29.3 Å². The second kappa shape index (κ2) is 7.10. The van der Waals surface area contributed by atoms with E-state index in [0.717, 1.165) is 0 Å². The second-order valence-corrected chi connectivity index (χ2v) is 7.28. The van der Waals surface area contributed by atoms with Crippen LogP contribution in [0.15, 0.2) is 34.2 Å². The minimum absolute atomic E-state index is 0.113. The van der Waals surface area contributed by atoms with Crippen LogP contribution in [0.25, 0.3) is 0 Å². The normalized spacial score (nSPS) is 19.7. The molecule has 0 aromatic heterocycles. The first-order valence-electron chi connectivity index (χ1n) is 7.47. The summed E-state index contributed by atoms with van der Waals surface area (Å²) in [6.07, 6.45) is 0.198. The zero-order chi connectivity index (χ0) is 17.0. The van der Waals surface area contributed by atoms with Crippen molar-refractivity contribution in [3.05, 3.63) is 29.8 Å². The minimum atomic E-state index is -3.54. The van der Waals surface area contributed by atoms with Crippen LogP contribution in [0.5, 0.6) is 0 Å². The fraction of sp³-hybridized carbons (Fsp3) is 0.467. The molecule has 0 saturated heterocycles. The smallest absolute Gasteiger partial charge is 0.263 e. The van der Waals surface area contributed by atoms with Crippen molar-refractivity contribution in [1.29, 1.82) is 0 Å². The maximum absolute atomic E-state index is 12.0. The summed E-state index contributed by atoms with van der Waals surface area (Å²) in [4.78, 5) is 16.4. The van der Waals surface area contributed by atoms with E-state index in [9.17, 15) is 13.2 Å². The third-order valence-electron chi connectivity index (χ3n) is 3.59.